The number of amides is 1. The van der Waals surface area contributed by atoms with Crippen molar-refractivity contribution >= 4 is 35.3 Å². The van der Waals surface area contributed by atoms with E-state index in [4.69, 9.17) is 13.9 Å². The van der Waals surface area contributed by atoms with Crippen molar-refractivity contribution in [3.05, 3.63) is 52.7 Å². The van der Waals surface area contributed by atoms with Crippen LogP contribution in [-0.4, -0.2) is 56.6 Å². The molecule has 11 heteroatoms. The maximum Gasteiger partial charge on any atom is 0.255 e. The highest BCUT2D eigenvalue weighted by Gasteiger charge is 2.31. The Kier molecular flexibility index (Phi) is 8.53. The number of thiol groups is 1. The largest absolute Gasteiger partial charge is 0.437 e. The van der Waals surface area contributed by atoms with Gasteiger partial charge in [0, 0.05) is 32.0 Å². The maximum atomic E-state index is 12.9. The lowest BCUT2D eigenvalue weighted by molar-refractivity contribution is 0.0964. The summed E-state index contributed by atoms with van der Waals surface area (Å²) in [6.45, 7) is 5.99. The normalized spacial score (nSPS) is 15.4. The number of nitrogens with zero attached hydrogens (tertiary/aromatic N) is 2. The van der Waals surface area contributed by atoms with E-state index >= 15 is 0 Å². The van der Waals surface area contributed by atoms with E-state index in [2.05, 4.69) is 5.32 Å². The van der Waals surface area contributed by atoms with E-state index < -0.39 is 18.3 Å². The molecular weight excluding hydrogens is 513 g/mol. The Bertz CT molecular complexity index is 1400. The van der Waals surface area contributed by atoms with Crippen LogP contribution in [0, 0.1) is 6.92 Å². The lowest BCUT2D eigenvalue weighted by Crippen LogP contribution is -2.25. The molecule has 0 aliphatic heterocycles. The number of benzene rings is 1. The Morgan fingerprint density at radius 3 is 2.57 bits per heavy atom. The number of aryl methyl sites for hydroxylation is 1. The molecular formula is C26H34N3O6PS. The van der Waals surface area contributed by atoms with Crippen LogP contribution in [0.2, 0.25) is 0 Å². The van der Waals surface area contributed by atoms with Crippen molar-refractivity contribution in [1.82, 2.24) is 14.6 Å². The van der Waals surface area contributed by atoms with Gasteiger partial charge in [-0.2, -0.15) is 4.31 Å². The summed E-state index contributed by atoms with van der Waals surface area (Å²) in [7, 11) is -4.06. The summed E-state index contributed by atoms with van der Waals surface area (Å²) < 4.78 is 49.4. The third-order valence-corrected chi connectivity index (χ3v) is 9.26. The van der Waals surface area contributed by atoms with Gasteiger partial charge in [0.1, 0.15) is 5.76 Å². The van der Waals surface area contributed by atoms with Gasteiger partial charge in [-0.3, -0.25) is 9.36 Å². The number of nitrogens with one attached hydrogen (secondary N) is 1. The van der Waals surface area contributed by atoms with Gasteiger partial charge < -0.3 is 14.3 Å². The van der Waals surface area contributed by atoms with Crippen LogP contribution in [0.15, 0.2) is 34.7 Å². The maximum absolute atomic E-state index is 12.9. The number of carbonyl (C=O) groups is 1. The molecule has 1 amide bonds. The van der Waals surface area contributed by atoms with E-state index in [1.54, 1.807) is 20.6 Å². The van der Waals surface area contributed by atoms with Gasteiger partial charge in [0.2, 0.25) is 16.6 Å². The van der Waals surface area contributed by atoms with Crippen LogP contribution >= 0.6 is 7.37 Å². The standard InChI is InChI=1S/C26H34N3O6PS/c1-5-34-36(4,31)14-6-13-29(37(32)33)16-22-20(18-11-12-18)15-21-23(25(30)27-3)24(35-26(21)28-22)19-9-7-17(2)8-10-19/h7-10,15,18,37H,5-6,11-14,16H2,1-4H3,(H,27,30). The van der Waals surface area contributed by atoms with Crippen molar-refractivity contribution in [2.75, 3.05) is 33.0 Å². The smallest absolute Gasteiger partial charge is 0.255 e. The summed E-state index contributed by atoms with van der Waals surface area (Å²) >= 11 is 0. The Balaban J connectivity index is 1.71. The predicted molar refractivity (Wildman–Crippen MR) is 145 cm³/mol. The molecule has 1 N–H and O–H groups in total. The van der Waals surface area contributed by atoms with E-state index in [-0.39, 0.29) is 24.9 Å². The van der Waals surface area contributed by atoms with Gasteiger partial charge in [-0.25, -0.2) is 13.4 Å². The number of furan rings is 1. The summed E-state index contributed by atoms with van der Waals surface area (Å²) in [5, 5.41) is 3.32. The molecule has 1 saturated carbocycles. The molecule has 2 aromatic heterocycles. The number of carbonyl (C=O) groups excluding carboxylic acids is 1. The van der Waals surface area contributed by atoms with E-state index in [0.717, 1.165) is 29.5 Å². The summed E-state index contributed by atoms with van der Waals surface area (Å²) in [5.41, 5.74) is 4.12. The van der Waals surface area contributed by atoms with E-state index in [1.807, 2.05) is 37.3 Å². The van der Waals surface area contributed by atoms with Crippen LogP contribution in [0.4, 0.5) is 0 Å². The molecule has 1 atom stereocenters. The first kappa shape index (κ1) is 27.5. The van der Waals surface area contributed by atoms with Crippen molar-refractivity contribution in [3.63, 3.8) is 0 Å². The minimum Gasteiger partial charge on any atom is -0.437 e. The number of fused-ring (bicyclic) bond motifs is 1. The molecule has 0 spiro atoms. The Morgan fingerprint density at radius 1 is 1.27 bits per heavy atom. The third kappa shape index (κ3) is 6.49. The van der Waals surface area contributed by atoms with Crippen LogP contribution < -0.4 is 5.32 Å². The molecule has 1 unspecified atom stereocenters. The second kappa shape index (κ2) is 11.5. The zero-order valence-electron chi connectivity index (χ0n) is 21.7. The average molecular weight is 548 g/mol. The molecule has 2 heterocycles. The number of hydrogen-bond acceptors (Lipinski definition) is 7. The summed E-state index contributed by atoms with van der Waals surface area (Å²) in [6, 6.07) is 9.65. The van der Waals surface area contributed by atoms with Gasteiger partial charge in [0.15, 0.2) is 7.37 Å². The molecule has 4 rings (SSSR count). The van der Waals surface area contributed by atoms with E-state index in [9.17, 15) is 17.8 Å². The predicted octanol–water partition coefficient (Wildman–Crippen LogP) is 4.70. The first-order chi connectivity index (χ1) is 17.6. The molecule has 1 aliphatic carbocycles. The molecule has 3 aromatic rings. The molecule has 37 heavy (non-hydrogen) atoms. The fourth-order valence-corrected chi connectivity index (χ4v) is 6.42. The quantitative estimate of drug-likeness (QED) is 0.249. The molecule has 200 valence electrons. The van der Waals surface area contributed by atoms with Crippen LogP contribution in [0.1, 0.15) is 59.3 Å². The lowest BCUT2D eigenvalue weighted by Gasteiger charge is -2.18. The molecule has 9 nitrogen and oxygen atoms in total. The van der Waals surface area contributed by atoms with Crippen LogP contribution in [-0.2, 0) is 26.5 Å². The minimum absolute atomic E-state index is 0.0823. The van der Waals surface area contributed by atoms with Crippen molar-refractivity contribution in [1.29, 1.82) is 0 Å². The first-order valence-corrected chi connectivity index (χ1v) is 15.9. The molecule has 1 aliphatic rings. The van der Waals surface area contributed by atoms with Gasteiger partial charge >= 0.3 is 0 Å². The van der Waals surface area contributed by atoms with Crippen LogP contribution in [0.3, 0.4) is 0 Å². The van der Waals surface area contributed by atoms with Gasteiger partial charge in [-0.1, -0.05) is 29.8 Å². The fraction of sp³-hybridized carbons (Fsp3) is 0.462. The molecule has 1 aromatic carbocycles. The second-order valence-corrected chi connectivity index (χ2v) is 13.3. The fourth-order valence-electron chi connectivity index (χ4n) is 4.48. The number of hydrogen-bond donors (Lipinski definition) is 2. The van der Waals surface area contributed by atoms with Crippen molar-refractivity contribution in [3.8, 4) is 11.3 Å². The van der Waals surface area contributed by atoms with Crippen molar-refractivity contribution in [2.24, 2.45) is 0 Å². The summed E-state index contributed by atoms with van der Waals surface area (Å²) in [6.07, 6.45) is 2.68. The number of pyridine rings is 1. The highest BCUT2D eigenvalue weighted by molar-refractivity contribution is 7.69. The highest BCUT2D eigenvalue weighted by Crippen LogP contribution is 2.45. The Labute approximate surface area is 219 Å². The molecule has 1 fully saturated rings. The minimum atomic E-state index is -2.88. The van der Waals surface area contributed by atoms with Gasteiger partial charge in [0.25, 0.3) is 5.91 Å². The van der Waals surface area contributed by atoms with Crippen LogP contribution in [0.25, 0.3) is 22.4 Å². The highest BCUT2D eigenvalue weighted by atomic mass is 32.2. The van der Waals surface area contributed by atoms with E-state index in [1.165, 1.54) is 4.31 Å². The Morgan fingerprint density at radius 2 is 1.97 bits per heavy atom. The topological polar surface area (TPSA) is 119 Å². The lowest BCUT2D eigenvalue weighted by atomic mass is 10.0. The van der Waals surface area contributed by atoms with Gasteiger partial charge in [-0.15, -0.1) is 0 Å². The summed E-state index contributed by atoms with van der Waals surface area (Å²) in [5.74, 6) is 0.428. The molecule has 0 radical (unpaired) electrons. The zero-order valence-corrected chi connectivity index (χ0v) is 23.4. The van der Waals surface area contributed by atoms with Crippen LogP contribution in [0.5, 0.6) is 0 Å². The third-order valence-electron chi connectivity index (χ3n) is 6.53. The number of aromatic nitrogens is 1. The average Bonchev–Trinajstić information content (AvgIpc) is 3.63. The van der Waals surface area contributed by atoms with E-state index in [0.29, 0.717) is 47.3 Å². The van der Waals surface area contributed by atoms with Gasteiger partial charge in [-0.05, 0) is 50.7 Å². The Hall–Kier alpha value is -2.52. The first-order valence-electron chi connectivity index (χ1n) is 12.5. The molecule has 0 saturated heterocycles. The number of rotatable bonds is 12. The van der Waals surface area contributed by atoms with Gasteiger partial charge in [0.05, 0.1) is 29.8 Å². The summed E-state index contributed by atoms with van der Waals surface area (Å²) in [4.78, 5) is 17.7. The van der Waals surface area contributed by atoms with Crippen molar-refractivity contribution in [2.45, 2.75) is 45.6 Å². The monoisotopic (exact) mass is 547 g/mol. The second-order valence-electron chi connectivity index (χ2n) is 9.54. The van der Waals surface area contributed by atoms with Crippen molar-refractivity contribution < 1.29 is 26.7 Å². The zero-order chi connectivity index (χ0) is 26.7. The SMILES string of the molecule is CCOP(C)(=O)CCCN(Cc1nc2oc(-c3ccc(C)cc3)c(C(=O)NC)c2cc1C1CC1)[SH](=O)=O. The molecule has 0 bridgehead atoms.